The molecule has 5 heteroatoms. The van der Waals surface area contributed by atoms with Crippen molar-refractivity contribution in [3.8, 4) is 0 Å². The Morgan fingerprint density at radius 1 is 1.25 bits per heavy atom. The van der Waals surface area contributed by atoms with Crippen molar-refractivity contribution in [1.29, 1.82) is 0 Å². The maximum atomic E-state index is 10.6. The zero-order valence-corrected chi connectivity index (χ0v) is 11.7. The number of hydrogen-bond donors (Lipinski definition) is 1. The van der Waals surface area contributed by atoms with Gasteiger partial charge in [0.25, 0.3) is 0 Å². The number of fused-ring (bicyclic) bond motifs is 1. The van der Waals surface area contributed by atoms with Crippen LogP contribution in [-0.2, 0) is 4.79 Å². The Balaban J connectivity index is 2.48. The lowest BCUT2D eigenvalue weighted by atomic mass is 10.0. The van der Waals surface area contributed by atoms with E-state index >= 15 is 0 Å². The molecule has 0 aliphatic carbocycles. The van der Waals surface area contributed by atoms with Gasteiger partial charge < -0.3 is 15.2 Å². The lowest BCUT2D eigenvalue weighted by Gasteiger charge is -2.15. The third-order valence-electron chi connectivity index (χ3n) is 3.37. The molecule has 106 valence electrons. The Morgan fingerprint density at radius 3 is 2.60 bits per heavy atom. The third-order valence-corrected chi connectivity index (χ3v) is 3.37. The number of aromatic nitrogens is 2. The minimum atomic E-state index is -1.16. The smallest absolute Gasteiger partial charge is 0.137 e. The molecule has 1 aromatic carbocycles. The van der Waals surface area contributed by atoms with Crippen molar-refractivity contribution < 1.29 is 9.90 Å². The molecule has 0 aliphatic rings. The van der Waals surface area contributed by atoms with Crippen LogP contribution in [0.25, 0.3) is 10.9 Å². The van der Waals surface area contributed by atoms with Crippen molar-refractivity contribution in [2.24, 2.45) is 0 Å². The van der Waals surface area contributed by atoms with Crippen LogP contribution < -0.4 is 10.4 Å². The van der Waals surface area contributed by atoms with Crippen LogP contribution >= 0.6 is 0 Å². The van der Waals surface area contributed by atoms with Gasteiger partial charge in [-0.3, -0.25) is 0 Å². The predicted octanol–water partition coefficient (Wildman–Crippen LogP) is 1.70. The van der Waals surface area contributed by atoms with Crippen LogP contribution in [0.5, 0.6) is 0 Å². The first-order valence-electron chi connectivity index (χ1n) is 6.86. The second-order valence-corrected chi connectivity index (χ2v) is 4.69. The first-order valence-corrected chi connectivity index (χ1v) is 6.86. The first kappa shape index (κ1) is 14.2. The van der Waals surface area contributed by atoms with Crippen LogP contribution in [0.2, 0.25) is 0 Å². The Bertz CT molecular complexity index is 609. The third kappa shape index (κ3) is 3.04. The van der Waals surface area contributed by atoms with Gasteiger partial charge in [0.1, 0.15) is 11.6 Å². The van der Waals surface area contributed by atoms with Crippen molar-refractivity contribution in [2.75, 3.05) is 11.9 Å². The molecule has 20 heavy (non-hydrogen) atoms. The number of nitrogens with one attached hydrogen (secondary N) is 1. The molecule has 0 bridgehead atoms. The van der Waals surface area contributed by atoms with E-state index in [4.69, 9.17) is 0 Å². The summed E-state index contributed by atoms with van der Waals surface area (Å²) in [5.41, 5.74) is 0.824. The van der Waals surface area contributed by atoms with Crippen LogP contribution in [0.1, 0.15) is 38.4 Å². The summed E-state index contributed by atoms with van der Waals surface area (Å²) < 4.78 is 0. The largest absolute Gasteiger partial charge is 0.548 e. The lowest BCUT2D eigenvalue weighted by Crippen LogP contribution is -2.30. The molecule has 0 unspecified atom stereocenters. The van der Waals surface area contributed by atoms with Gasteiger partial charge in [-0.15, -0.1) is 0 Å². The highest BCUT2D eigenvalue weighted by atomic mass is 16.4. The fourth-order valence-corrected chi connectivity index (χ4v) is 2.22. The molecule has 0 saturated carbocycles. The van der Waals surface area contributed by atoms with E-state index in [1.165, 1.54) is 0 Å². The summed E-state index contributed by atoms with van der Waals surface area (Å²) in [6.07, 6.45) is 1.91. The molecule has 0 atom stereocenters. The summed E-state index contributed by atoms with van der Waals surface area (Å²) in [6, 6.07) is 7.58. The van der Waals surface area contributed by atoms with Gasteiger partial charge in [0.15, 0.2) is 0 Å². The second kappa shape index (κ2) is 6.32. The maximum absolute atomic E-state index is 10.6. The molecular weight excluding hydrogens is 254 g/mol. The summed E-state index contributed by atoms with van der Waals surface area (Å²) >= 11 is 0. The van der Waals surface area contributed by atoms with Gasteiger partial charge in [-0.05, 0) is 25.0 Å². The van der Waals surface area contributed by atoms with E-state index in [1.807, 2.05) is 24.3 Å². The number of carboxylic acids is 1. The van der Waals surface area contributed by atoms with E-state index < -0.39 is 5.97 Å². The van der Waals surface area contributed by atoms with Gasteiger partial charge in [0, 0.05) is 11.3 Å². The average molecular weight is 272 g/mol. The number of rotatable bonds is 6. The molecule has 0 spiro atoms. The van der Waals surface area contributed by atoms with Crippen LogP contribution in [-0.4, -0.2) is 22.5 Å². The monoisotopic (exact) mass is 272 g/mol. The van der Waals surface area contributed by atoms with Crippen LogP contribution in [0.15, 0.2) is 24.3 Å². The number of carbonyl (C=O) groups excluding carboxylic acids is 1. The van der Waals surface area contributed by atoms with Crippen molar-refractivity contribution in [1.82, 2.24) is 9.97 Å². The minimum absolute atomic E-state index is 0.261. The van der Waals surface area contributed by atoms with E-state index in [0.29, 0.717) is 5.82 Å². The molecule has 5 nitrogen and oxygen atoms in total. The second-order valence-electron chi connectivity index (χ2n) is 4.69. The molecular formula is C15H18N3O2-. The van der Waals surface area contributed by atoms with Gasteiger partial charge in [-0.25, -0.2) is 9.97 Å². The summed E-state index contributed by atoms with van der Waals surface area (Å²) in [7, 11) is 0. The fourth-order valence-electron chi connectivity index (χ4n) is 2.22. The molecule has 0 fully saturated rings. The number of benzene rings is 1. The SMILES string of the molecule is CCC(CC)c1nc(NCC(=O)[O-])c2ccccc2n1. The molecule has 2 aromatic rings. The zero-order chi connectivity index (χ0) is 14.5. The zero-order valence-electron chi connectivity index (χ0n) is 11.7. The van der Waals surface area contributed by atoms with Gasteiger partial charge in [0.05, 0.1) is 18.0 Å². The normalized spacial score (nSPS) is 10.9. The first-order chi connectivity index (χ1) is 9.65. The molecule has 1 N–H and O–H groups in total. The molecule has 0 aliphatic heterocycles. The van der Waals surface area contributed by atoms with Gasteiger partial charge in [-0.2, -0.15) is 0 Å². The number of aliphatic carboxylic acids is 1. The van der Waals surface area contributed by atoms with E-state index in [9.17, 15) is 9.90 Å². The Hall–Kier alpha value is -2.17. The number of hydrogen-bond acceptors (Lipinski definition) is 5. The van der Waals surface area contributed by atoms with E-state index in [0.717, 1.165) is 29.6 Å². The highest BCUT2D eigenvalue weighted by Crippen LogP contribution is 2.26. The Kier molecular flexibility index (Phi) is 4.50. The minimum Gasteiger partial charge on any atom is -0.548 e. The number of carboxylic acid groups (broad SMARTS) is 1. The summed E-state index contributed by atoms with van der Waals surface area (Å²) in [6.45, 7) is 3.94. The van der Waals surface area contributed by atoms with Crippen LogP contribution in [0.3, 0.4) is 0 Å². The Labute approximate surface area is 118 Å². The number of anilines is 1. The maximum Gasteiger partial charge on any atom is 0.137 e. The summed E-state index contributed by atoms with van der Waals surface area (Å²) in [4.78, 5) is 19.7. The number of para-hydroxylation sites is 1. The van der Waals surface area contributed by atoms with Gasteiger partial charge in [0.2, 0.25) is 0 Å². The summed E-state index contributed by atoms with van der Waals surface area (Å²) in [5, 5.41) is 14.3. The van der Waals surface area contributed by atoms with E-state index in [2.05, 4.69) is 29.1 Å². The quantitative estimate of drug-likeness (QED) is 0.866. The summed E-state index contributed by atoms with van der Waals surface area (Å²) in [5.74, 6) is 0.441. The van der Waals surface area contributed by atoms with E-state index in [-0.39, 0.29) is 12.5 Å². The number of nitrogens with zero attached hydrogens (tertiary/aromatic N) is 2. The Morgan fingerprint density at radius 2 is 1.95 bits per heavy atom. The van der Waals surface area contributed by atoms with Crippen molar-refractivity contribution >= 4 is 22.7 Å². The van der Waals surface area contributed by atoms with Gasteiger partial charge >= 0.3 is 0 Å². The molecule has 1 aromatic heterocycles. The van der Waals surface area contributed by atoms with Crippen molar-refractivity contribution in [3.05, 3.63) is 30.1 Å². The number of carbonyl (C=O) groups is 1. The highest BCUT2D eigenvalue weighted by Gasteiger charge is 2.14. The van der Waals surface area contributed by atoms with Gasteiger partial charge in [-0.1, -0.05) is 26.0 Å². The van der Waals surface area contributed by atoms with E-state index in [1.54, 1.807) is 0 Å². The van der Waals surface area contributed by atoms with Crippen molar-refractivity contribution in [2.45, 2.75) is 32.6 Å². The molecule has 1 heterocycles. The van der Waals surface area contributed by atoms with Crippen LogP contribution in [0.4, 0.5) is 5.82 Å². The van der Waals surface area contributed by atoms with Crippen molar-refractivity contribution in [3.63, 3.8) is 0 Å². The lowest BCUT2D eigenvalue weighted by molar-refractivity contribution is -0.302. The highest BCUT2D eigenvalue weighted by molar-refractivity contribution is 5.90. The standard InChI is InChI=1S/C15H19N3O2/c1-3-10(4-2)14-17-12-8-6-5-7-11(12)15(18-14)16-9-13(19)20/h5-8,10H,3-4,9H2,1-2H3,(H,19,20)(H,16,17,18)/p-1. The predicted molar refractivity (Wildman–Crippen MR) is 76.4 cm³/mol. The molecule has 0 radical (unpaired) electrons. The fraction of sp³-hybridized carbons (Fsp3) is 0.400. The molecule has 2 rings (SSSR count). The van der Waals surface area contributed by atoms with Crippen LogP contribution in [0, 0.1) is 0 Å². The average Bonchev–Trinajstić information content (AvgIpc) is 2.46. The molecule has 0 saturated heterocycles. The molecule has 0 amide bonds. The topological polar surface area (TPSA) is 77.9 Å².